The van der Waals surface area contributed by atoms with E-state index in [-0.39, 0.29) is 17.4 Å². The molecule has 0 fully saturated rings. The molecule has 0 radical (unpaired) electrons. The lowest BCUT2D eigenvalue weighted by Gasteiger charge is -2.12. The number of H-pyrrole nitrogens is 1. The van der Waals surface area contributed by atoms with Crippen molar-refractivity contribution in [2.75, 3.05) is 0 Å². The number of benzene rings is 2. The van der Waals surface area contributed by atoms with Crippen LogP contribution in [-0.4, -0.2) is 35.3 Å². The summed E-state index contributed by atoms with van der Waals surface area (Å²) >= 11 is 6.14. The molecule has 4 aromatic rings. The van der Waals surface area contributed by atoms with Crippen molar-refractivity contribution in [2.45, 2.75) is 39.1 Å². The summed E-state index contributed by atoms with van der Waals surface area (Å²) < 4.78 is 72.0. The molecule has 0 spiro atoms. The highest BCUT2D eigenvalue weighted by Crippen LogP contribution is 2.30. The second-order valence-corrected chi connectivity index (χ2v) is 6.61. The third kappa shape index (κ3) is 4.13. The molecule has 30 heavy (non-hydrogen) atoms. The zero-order valence-electron chi connectivity index (χ0n) is 24.5. The van der Waals surface area contributed by atoms with Gasteiger partial charge in [0.2, 0.25) is 5.82 Å². The van der Waals surface area contributed by atoms with Crippen LogP contribution in [-0.2, 0) is 19.5 Å². The molecule has 2 atom stereocenters. The van der Waals surface area contributed by atoms with E-state index in [9.17, 15) is 5.11 Å². The molecule has 2 unspecified atom stereocenters. The molecule has 2 aromatic carbocycles. The number of hydrogen-bond acceptors (Lipinski definition) is 5. The van der Waals surface area contributed by atoms with Gasteiger partial charge in [-0.25, -0.2) is 4.98 Å². The standard InChI is InChI=1S/C22H23ClN6O/c1-2-3-8-20-24-21(23)19(14-30)29(20)13-15-9-11-16(12-10-15)17-6-4-5-7-18(17)22-25-27-28-26-22/h4-7,9-12,30H,2-3,8,13-14H2,1H3,(H,25,26,27,28)/i1D3,2D2,3D2,8D,14D. The van der Waals surface area contributed by atoms with Gasteiger partial charge in [0.05, 0.1) is 13.6 Å². The van der Waals surface area contributed by atoms with Crippen molar-refractivity contribution < 1.29 is 17.4 Å². The molecule has 0 bridgehead atoms. The van der Waals surface area contributed by atoms with Crippen LogP contribution in [0.5, 0.6) is 0 Å². The summed E-state index contributed by atoms with van der Waals surface area (Å²) in [7, 11) is 0. The van der Waals surface area contributed by atoms with Crippen molar-refractivity contribution in [3.05, 3.63) is 70.8 Å². The number of tetrazole rings is 1. The normalized spacial score (nSPS) is 19.1. The van der Waals surface area contributed by atoms with Crippen LogP contribution in [0.2, 0.25) is 5.15 Å². The zero-order chi connectivity index (χ0) is 28.8. The van der Waals surface area contributed by atoms with Crippen molar-refractivity contribution in [1.29, 1.82) is 0 Å². The molecule has 4 rings (SSSR count). The molecule has 154 valence electrons. The van der Waals surface area contributed by atoms with Gasteiger partial charge in [0.15, 0.2) is 5.15 Å². The Morgan fingerprint density at radius 3 is 2.67 bits per heavy atom. The fourth-order valence-corrected chi connectivity index (χ4v) is 3.37. The van der Waals surface area contributed by atoms with Crippen molar-refractivity contribution in [1.82, 2.24) is 30.2 Å². The first kappa shape index (κ1) is 12.0. The molecule has 0 saturated carbocycles. The number of nitrogens with one attached hydrogen (secondary N) is 1. The number of aryl methyl sites for hydroxylation is 1. The maximum atomic E-state index is 10.0. The van der Waals surface area contributed by atoms with Crippen LogP contribution in [0, 0.1) is 0 Å². The van der Waals surface area contributed by atoms with Crippen LogP contribution in [0.15, 0.2) is 48.5 Å². The Morgan fingerprint density at radius 1 is 1.17 bits per heavy atom. The van der Waals surface area contributed by atoms with Crippen molar-refractivity contribution in [2.24, 2.45) is 0 Å². The molecular weight excluding hydrogens is 400 g/mol. The van der Waals surface area contributed by atoms with Crippen LogP contribution < -0.4 is 0 Å². The number of imidazole rings is 1. The lowest BCUT2D eigenvalue weighted by Crippen LogP contribution is -2.09. The maximum absolute atomic E-state index is 10.0. The lowest BCUT2D eigenvalue weighted by atomic mass is 9.98. The van der Waals surface area contributed by atoms with Crippen molar-refractivity contribution in [3.8, 4) is 22.5 Å². The third-order valence-electron chi connectivity index (χ3n) is 4.51. The molecule has 0 aliphatic carbocycles. The summed E-state index contributed by atoms with van der Waals surface area (Å²) in [4.78, 5) is 3.94. The van der Waals surface area contributed by atoms with E-state index in [1.54, 1.807) is 24.3 Å². The highest BCUT2D eigenvalue weighted by atomic mass is 35.5. The molecule has 0 aliphatic heterocycles. The average molecular weight is 432 g/mol. The topological polar surface area (TPSA) is 92.5 Å². The number of aromatic amines is 1. The van der Waals surface area contributed by atoms with Crippen LogP contribution in [0.1, 0.15) is 49.0 Å². The van der Waals surface area contributed by atoms with Gasteiger partial charge in [-0.3, -0.25) is 0 Å². The van der Waals surface area contributed by atoms with E-state index >= 15 is 0 Å². The lowest BCUT2D eigenvalue weighted by molar-refractivity contribution is 0.271. The van der Waals surface area contributed by atoms with Gasteiger partial charge in [-0.05, 0) is 28.3 Å². The average Bonchev–Trinajstić information content (AvgIpc) is 3.51. The predicted octanol–water partition coefficient (Wildman–Crippen LogP) is 4.27. The number of aromatic nitrogens is 6. The summed E-state index contributed by atoms with van der Waals surface area (Å²) in [5.41, 5.74) is 2.74. The Bertz CT molecular complexity index is 1440. The number of rotatable bonds is 8. The second kappa shape index (κ2) is 9.19. The summed E-state index contributed by atoms with van der Waals surface area (Å²) in [5, 5.41) is 23.8. The molecule has 2 heterocycles. The van der Waals surface area contributed by atoms with Gasteiger partial charge >= 0.3 is 0 Å². The first-order valence-electron chi connectivity index (χ1n) is 13.5. The number of halogens is 1. The smallest absolute Gasteiger partial charge is 0.205 e. The van der Waals surface area contributed by atoms with Gasteiger partial charge in [0, 0.05) is 29.5 Å². The molecule has 0 aliphatic rings. The Hall–Kier alpha value is -3.03. The van der Waals surface area contributed by atoms with Crippen LogP contribution in [0.25, 0.3) is 22.5 Å². The first-order valence-corrected chi connectivity index (χ1v) is 9.25. The number of nitrogens with zero attached hydrogens (tertiary/aromatic N) is 5. The van der Waals surface area contributed by atoms with E-state index in [4.69, 9.17) is 23.9 Å². The third-order valence-corrected chi connectivity index (χ3v) is 4.78. The highest BCUT2D eigenvalue weighted by molar-refractivity contribution is 6.30. The molecule has 0 saturated heterocycles. The quantitative estimate of drug-likeness (QED) is 0.434. The molecule has 2 aromatic heterocycles. The maximum Gasteiger partial charge on any atom is 0.205 e. The Kier molecular flexibility index (Phi) is 3.67. The zero-order valence-corrected chi connectivity index (χ0v) is 16.3. The van der Waals surface area contributed by atoms with Crippen LogP contribution in [0.4, 0.5) is 0 Å². The van der Waals surface area contributed by atoms with E-state index in [0.717, 1.165) is 21.3 Å². The summed E-state index contributed by atoms with van der Waals surface area (Å²) in [5.74, 6) is -0.0138. The van der Waals surface area contributed by atoms with Gasteiger partial charge < -0.3 is 9.67 Å². The Labute approximate surface area is 192 Å². The largest absolute Gasteiger partial charge is 0.390 e. The highest BCUT2D eigenvalue weighted by Gasteiger charge is 2.16. The fraction of sp³-hybridized carbons (Fsp3) is 0.273. The van der Waals surface area contributed by atoms with Gasteiger partial charge in [-0.15, -0.1) is 10.2 Å². The Morgan fingerprint density at radius 2 is 1.97 bits per heavy atom. The molecule has 8 heteroatoms. The van der Waals surface area contributed by atoms with Gasteiger partial charge in [-0.1, -0.05) is 73.4 Å². The minimum atomic E-state index is -3.41. The summed E-state index contributed by atoms with van der Waals surface area (Å²) in [6, 6.07) is 14.5. The van der Waals surface area contributed by atoms with Crippen molar-refractivity contribution >= 4 is 11.6 Å². The van der Waals surface area contributed by atoms with Gasteiger partial charge in [-0.2, -0.15) is 5.21 Å². The second-order valence-electron chi connectivity index (χ2n) is 6.25. The van der Waals surface area contributed by atoms with E-state index in [1.165, 1.54) is 0 Å². The van der Waals surface area contributed by atoms with Crippen LogP contribution in [0.3, 0.4) is 0 Å². The molecule has 2 N–H and O–H groups in total. The summed E-state index contributed by atoms with van der Waals surface area (Å²) in [6.45, 7) is -5.39. The van der Waals surface area contributed by atoms with Crippen molar-refractivity contribution in [3.63, 3.8) is 0 Å². The monoisotopic (exact) mass is 431 g/mol. The number of aliphatic hydroxyl groups is 1. The number of aliphatic hydroxyl groups excluding tert-OH is 1. The molecule has 0 amide bonds. The SMILES string of the molecule is [2H]C(O)c1c(Cl)nc(C([2H])C([2H])([2H])C([2H])([2H])C([2H])([2H])[2H])n1Cc1ccc(-c2ccccc2-c2nn[nH]n2)cc1. The van der Waals surface area contributed by atoms with Gasteiger partial charge in [0.25, 0.3) is 0 Å². The Balaban J connectivity index is 1.72. The van der Waals surface area contributed by atoms with E-state index in [1.807, 2.05) is 24.3 Å². The predicted molar refractivity (Wildman–Crippen MR) is 116 cm³/mol. The first-order chi connectivity index (χ1) is 18.2. The number of hydrogen-bond donors (Lipinski definition) is 2. The fourth-order valence-electron chi connectivity index (χ4n) is 3.13. The van der Waals surface area contributed by atoms with E-state index in [0.29, 0.717) is 11.4 Å². The minimum absolute atomic E-state index is 0.116. The minimum Gasteiger partial charge on any atom is -0.390 e. The summed E-state index contributed by atoms with van der Waals surface area (Å²) in [6.07, 6.45) is -8.81. The van der Waals surface area contributed by atoms with Crippen LogP contribution >= 0.6 is 11.6 Å². The molecular formula is C22H23ClN6O. The van der Waals surface area contributed by atoms with E-state index in [2.05, 4.69) is 25.6 Å². The molecule has 7 nitrogen and oxygen atoms in total. The van der Waals surface area contributed by atoms with Gasteiger partial charge in [0.1, 0.15) is 5.82 Å². The van der Waals surface area contributed by atoms with E-state index < -0.39 is 38.4 Å².